The van der Waals surface area contributed by atoms with Crippen molar-refractivity contribution in [3.8, 4) is 11.1 Å². The van der Waals surface area contributed by atoms with Crippen LogP contribution in [0.3, 0.4) is 0 Å². The summed E-state index contributed by atoms with van der Waals surface area (Å²) in [5.74, 6) is 0.217. The number of hydrazone groups is 1. The third kappa shape index (κ3) is 3.24. The first-order valence-electron chi connectivity index (χ1n) is 8.38. The highest BCUT2D eigenvalue weighted by atomic mass is 19.1. The average Bonchev–Trinajstić information content (AvgIpc) is 2.70. The smallest absolute Gasteiger partial charge is 0.249 e. The van der Waals surface area contributed by atoms with E-state index in [-0.39, 0.29) is 11.7 Å². The van der Waals surface area contributed by atoms with Crippen LogP contribution < -0.4 is 5.01 Å². The Kier molecular flexibility index (Phi) is 4.27. The van der Waals surface area contributed by atoms with Crippen LogP contribution in [0.2, 0.25) is 0 Å². The fourth-order valence-electron chi connectivity index (χ4n) is 2.92. The molecule has 0 N–H and O–H groups in total. The first-order valence-corrected chi connectivity index (χ1v) is 8.38. The van der Waals surface area contributed by atoms with Gasteiger partial charge < -0.3 is 0 Å². The number of hydrogen-bond donors (Lipinski definition) is 0. The molecule has 2 aromatic carbocycles. The molecule has 1 amide bonds. The standard InChI is InChI=1S/C21H16FN3O/c22-18-10-8-16(9-11-18)15-4-6-17(7-5-15)19-12-13-21(26)25(24-19)20-3-1-2-14-23-20/h1-11,14H,12-13H2. The fourth-order valence-corrected chi connectivity index (χ4v) is 2.92. The minimum absolute atomic E-state index is 0.0598. The summed E-state index contributed by atoms with van der Waals surface area (Å²) in [7, 11) is 0. The molecular formula is C21H16FN3O. The van der Waals surface area contributed by atoms with Crippen LogP contribution in [-0.2, 0) is 4.79 Å². The van der Waals surface area contributed by atoms with Crippen LogP contribution in [0.25, 0.3) is 11.1 Å². The largest absolute Gasteiger partial charge is 0.272 e. The van der Waals surface area contributed by atoms with Crippen LogP contribution in [-0.4, -0.2) is 16.6 Å². The van der Waals surface area contributed by atoms with Gasteiger partial charge in [0.2, 0.25) is 5.91 Å². The Morgan fingerprint density at radius 3 is 2.12 bits per heavy atom. The first-order chi connectivity index (χ1) is 12.7. The van der Waals surface area contributed by atoms with E-state index in [2.05, 4.69) is 10.1 Å². The Hall–Kier alpha value is -3.34. The van der Waals surface area contributed by atoms with Crippen LogP contribution in [0.1, 0.15) is 18.4 Å². The number of amides is 1. The third-order valence-electron chi connectivity index (χ3n) is 4.29. The van der Waals surface area contributed by atoms with Gasteiger partial charge in [0.25, 0.3) is 0 Å². The first kappa shape index (κ1) is 16.1. The molecule has 5 heteroatoms. The molecule has 1 aliphatic rings. The van der Waals surface area contributed by atoms with Crippen molar-refractivity contribution in [1.82, 2.24) is 4.98 Å². The number of anilines is 1. The number of hydrogen-bond acceptors (Lipinski definition) is 3. The van der Waals surface area contributed by atoms with E-state index >= 15 is 0 Å². The number of carbonyl (C=O) groups is 1. The monoisotopic (exact) mass is 345 g/mol. The predicted octanol–water partition coefficient (Wildman–Crippen LogP) is 4.42. The van der Waals surface area contributed by atoms with Gasteiger partial charge in [0.05, 0.1) is 5.71 Å². The van der Waals surface area contributed by atoms with Crippen LogP contribution in [0.4, 0.5) is 10.2 Å². The molecule has 1 aromatic heterocycles. The lowest BCUT2D eigenvalue weighted by atomic mass is 9.99. The highest BCUT2D eigenvalue weighted by Crippen LogP contribution is 2.23. The van der Waals surface area contributed by atoms with Gasteiger partial charge in [-0.2, -0.15) is 10.1 Å². The summed E-state index contributed by atoms with van der Waals surface area (Å²) in [4.78, 5) is 16.4. The lowest BCUT2D eigenvalue weighted by Crippen LogP contribution is -2.32. The summed E-state index contributed by atoms with van der Waals surface area (Å²) in [5.41, 5.74) is 3.77. The maximum absolute atomic E-state index is 13.1. The van der Waals surface area contributed by atoms with Gasteiger partial charge >= 0.3 is 0 Å². The van der Waals surface area contributed by atoms with E-state index in [0.29, 0.717) is 18.7 Å². The van der Waals surface area contributed by atoms with E-state index in [4.69, 9.17) is 0 Å². The number of carbonyl (C=O) groups excluding carboxylic acids is 1. The van der Waals surface area contributed by atoms with Crippen LogP contribution in [0.5, 0.6) is 0 Å². The number of aromatic nitrogens is 1. The molecule has 3 aromatic rings. The molecule has 0 atom stereocenters. The average molecular weight is 345 g/mol. The molecule has 1 aliphatic heterocycles. The topological polar surface area (TPSA) is 45.6 Å². The van der Waals surface area contributed by atoms with Crippen molar-refractivity contribution in [3.05, 3.63) is 84.3 Å². The van der Waals surface area contributed by atoms with Gasteiger partial charge in [-0.25, -0.2) is 9.37 Å². The zero-order valence-electron chi connectivity index (χ0n) is 14.0. The molecule has 0 radical (unpaired) electrons. The summed E-state index contributed by atoms with van der Waals surface area (Å²) < 4.78 is 13.1. The zero-order valence-corrected chi connectivity index (χ0v) is 14.0. The predicted molar refractivity (Wildman–Crippen MR) is 99.3 cm³/mol. The Labute approximate surface area is 150 Å². The van der Waals surface area contributed by atoms with E-state index in [1.54, 1.807) is 30.5 Å². The molecule has 4 rings (SSSR count). The molecule has 26 heavy (non-hydrogen) atoms. The molecule has 0 fully saturated rings. The number of nitrogens with zero attached hydrogens (tertiary/aromatic N) is 3. The molecule has 0 spiro atoms. The lowest BCUT2D eigenvalue weighted by molar-refractivity contribution is -0.118. The number of pyridine rings is 1. The third-order valence-corrected chi connectivity index (χ3v) is 4.29. The summed E-state index contributed by atoms with van der Waals surface area (Å²) in [5, 5.41) is 5.87. The van der Waals surface area contributed by atoms with E-state index in [9.17, 15) is 9.18 Å². The van der Waals surface area contributed by atoms with Crippen molar-refractivity contribution in [1.29, 1.82) is 0 Å². The molecule has 2 heterocycles. The number of rotatable bonds is 3. The molecule has 4 nitrogen and oxygen atoms in total. The van der Waals surface area contributed by atoms with Crippen LogP contribution in [0, 0.1) is 5.82 Å². The number of benzene rings is 2. The molecule has 0 saturated heterocycles. The van der Waals surface area contributed by atoms with Gasteiger partial charge in [-0.1, -0.05) is 42.5 Å². The Morgan fingerprint density at radius 1 is 0.808 bits per heavy atom. The Bertz CT molecular complexity index is 951. The summed E-state index contributed by atoms with van der Waals surface area (Å²) >= 11 is 0. The second kappa shape index (κ2) is 6.88. The molecule has 0 unspecified atom stereocenters. The SMILES string of the molecule is O=C1CCC(c2ccc(-c3ccc(F)cc3)cc2)=NN1c1ccccn1. The van der Waals surface area contributed by atoms with Crippen molar-refractivity contribution >= 4 is 17.4 Å². The Balaban J connectivity index is 1.62. The number of halogens is 1. The minimum atomic E-state index is -0.249. The molecule has 0 bridgehead atoms. The molecule has 0 aliphatic carbocycles. The van der Waals surface area contributed by atoms with E-state index in [0.717, 1.165) is 22.4 Å². The van der Waals surface area contributed by atoms with Gasteiger partial charge in [0.1, 0.15) is 5.82 Å². The quantitative estimate of drug-likeness (QED) is 0.705. The molecular weight excluding hydrogens is 329 g/mol. The van der Waals surface area contributed by atoms with E-state index in [1.165, 1.54) is 17.1 Å². The lowest BCUT2D eigenvalue weighted by Gasteiger charge is -2.22. The van der Waals surface area contributed by atoms with Gasteiger partial charge in [0.15, 0.2) is 5.82 Å². The normalized spacial score (nSPS) is 14.3. The van der Waals surface area contributed by atoms with Gasteiger partial charge in [0, 0.05) is 19.0 Å². The summed E-state index contributed by atoms with van der Waals surface area (Å²) in [6.45, 7) is 0. The highest BCUT2D eigenvalue weighted by Gasteiger charge is 2.23. The fraction of sp³-hybridized carbons (Fsp3) is 0.0952. The summed E-state index contributed by atoms with van der Waals surface area (Å²) in [6.07, 6.45) is 2.64. The van der Waals surface area contributed by atoms with Gasteiger partial charge in [-0.15, -0.1) is 0 Å². The zero-order chi connectivity index (χ0) is 17.9. The molecule has 128 valence electrons. The van der Waals surface area contributed by atoms with Gasteiger partial charge in [-0.3, -0.25) is 4.79 Å². The van der Waals surface area contributed by atoms with E-state index in [1.807, 2.05) is 30.3 Å². The highest BCUT2D eigenvalue weighted by molar-refractivity contribution is 6.08. The van der Waals surface area contributed by atoms with Crippen molar-refractivity contribution in [3.63, 3.8) is 0 Å². The van der Waals surface area contributed by atoms with Crippen molar-refractivity contribution in [2.75, 3.05) is 5.01 Å². The maximum atomic E-state index is 13.1. The minimum Gasteiger partial charge on any atom is -0.272 e. The van der Waals surface area contributed by atoms with Crippen LogP contribution in [0.15, 0.2) is 78.0 Å². The van der Waals surface area contributed by atoms with E-state index < -0.39 is 0 Å². The van der Waals surface area contributed by atoms with Crippen LogP contribution >= 0.6 is 0 Å². The summed E-state index contributed by atoms with van der Waals surface area (Å²) in [6, 6.07) is 19.7. The molecule has 0 saturated carbocycles. The Morgan fingerprint density at radius 2 is 1.46 bits per heavy atom. The second-order valence-electron chi connectivity index (χ2n) is 6.02. The van der Waals surface area contributed by atoms with Crippen molar-refractivity contribution < 1.29 is 9.18 Å². The van der Waals surface area contributed by atoms with Crippen molar-refractivity contribution in [2.45, 2.75) is 12.8 Å². The second-order valence-corrected chi connectivity index (χ2v) is 6.02. The van der Waals surface area contributed by atoms with Gasteiger partial charge in [-0.05, 0) is 41.0 Å². The van der Waals surface area contributed by atoms with Crippen molar-refractivity contribution in [2.24, 2.45) is 5.10 Å². The maximum Gasteiger partial charge on any atom is 0.249 e.